The zero-order chi connectivity index (χ0) is 16.8. The summed E-state index contributed by atoms with van der Waals surface area (Å²) in [7, 11) is 0. The van der Waals surface area contributed by atoms with Crippen molar-refractivity contribution in [1.82, 2.24) is 9.78 Å². The molecule has 1 aromatic carbocycles. The highest BCUT2D eigenvalue weighted by Gasteiger charge is 2.23. The van der Waals surface area contributed by atoms with Crippen molar-refractivity contribution in [2.45, 2.75) is 25.9 Å². The SMILES string of the molecule is CC(O)c1cc2c(s1)CCc1cc(=O)n(-c3ccc(Cl)cc3)nc1-2. The van der Waals surface area contributed by atoms with E-state index in [1.165, 1.54) is 9.56 Å². The summed E-state index contributed by atoms with van der Waals surface area (Å²) in [5, 5.41) is 15.1. The van der Waals surface area contributed by atoms with Crippen LogP contribution < -0.4 is 5.56 Å². The molecule has 0 bridgehead atoms. The largest absolute Gasteiger partial charge is 0.388 e. The molecule has 0 fully saturated rings. The molecule has 6 heteroatoms. The topological polar surface area (TPSA) is 55.1 Å². The normalized spacial score (nSPS) is 14.1. The number of thiophene rings is 1. The molecular formula is C18H15ClN2O2S. The van der Waals surface area contributed by atoms with E-state index in [2.05, 4.69) is 5.10 Å². The number of aliphatic hydroxyl groups is 1. The number of hydrogen-bond donors (Lipinski definition) is 1. The van der Waals surface area contributed by atoms with Gasteiger partial charge in [-0.25, -0.2) is 0 Å². The molecule has 2 heterocycles. The molecule has 4 rings (SSSR count). The first-order valence-corrected chi connectivity index (χ1v) is 8.92. The van der Waals surface area contributed by atoms with Crippen molar-refractivity contribution in [3.8, 4) is 16.9 Å². The average molecular weight is 359 g/mol. The van der Waals surface area contributed by atoms with Crippen molar-refractivity contribution >= 4 is 22.9 Å². The Morgan fingerprint density at radius 3 is 2.71 bits per heavy atom. The van der Waals surface area contributed by atoms with Gasteiger partial charge in [-0.15, -0.1) is 11.3 Å². The minimum atomic E-state index is -0.494. The van der Waals surface area contributed by atoms with E-state index < -0.39 is 6.10 Å². The predicted molar refractivity (Wildman–Crippen MR) is 96.2 cm³/mol. The summed E-state index contributed by atoms with van der Waals surface area (Å²) in [5.74, 6) is 0. The van der Waals surface area contributed by atoms with E-state index >= 15 is 0 Å². The number of benzene rings is 1. The van der Waals surface area contributed by atoms with Crippen LogP contribution in [-0.4, -0.2) is 14.9 Å². The zero-order valence-corrected chi connectivity index (χ0v) is 14.6. The van der Waals surface area contributed by atoms with Gasteiger partial charge in [-0.2, -0.15) is 9.78 Å². The van der Waals surface area contributed by atoms with Crippen molar-refractivity contribution in [3.05, 3.63) is 67.1 Å². The molecule has 1 atom stereocenters. The number of nitrogens with zero attached hydrogens (tertiary/aromatic N) is 2. The number of rotatable bonds is 2. The molecule has 3 aromatic rings. The van der Waals surface area contributed by atoms with Gasteiger partial charge in [0.1, 0.15) is 0 Å². The van der Waals surface area contributed by atoms with Crippen molar-refractivity contribution in [2.75, 3.05) is 0 Å². The second kappa shape index (κ2) is 5.84. The van der Waals surface area contributed by atoms with Gasteiger partial charge in [-0.3, -0.25) is 4.79 Å². The number of aromatic nitrogens is 2. The van der Waals surface area contributed by atoms with Gasteiger partial charge in [0.25, 0.3) is 5.56 Å². The molecule has 1 N–H and O–H groups in total. The van der Waals surface area contributed by atoms with Gasteiger partial charge in [-0.1, -0.05) is 11.6 Å². The van der Waals surface area contributed by atoms with Crippen LogP contribution in [0, 0.1) is 0 Å². The Morgan fingerprint density at radius 1 is 1.25 bits per heavy atom. The number of halogens is 1. The van der Waals surface area contributed by atoms with E-state index in [1.54, 1.807) is 48.6 Å². The lowest BCUT2D eigenvalue weighted by Gasteiger charge is -2.16. The standard InChI is InChI=1S/C18H15ClN2O2S/c1-10(22)16-9-14-15(24-16)7-2-11-8-17(23)21(20-18(11)14)13-5-3-12(19)4-6-13/h3-6,8-10,22H,2,7H2,1H3. The number of hydrogen-bond acceptors (Lipinski definition) is 4. The molecule has 24 heavy (non-hydrogen) atoms. The lowest BCUT2D eigenvalue weighted by Crippen LogP contribution is -2.23. The van der Waals surface area contributed by atoms with Crippen LogP contribution in [0.5, 0.6) is 0 Å². The Bertz CT molecular complexity index is 974. The average Bonchev–Trinajstić information content (AvgIpc) is 3.00. The van der Waals surface area contributed by atoms with E-state index in [0.717, 1.165) is 34.5 Å². The summed E-state index contributed by atoms with van der Waals surface area (Å²) in [5.41, 5.74) is 3.36. The smallest absolute Gasteiger partial charge is 0.271 e. The van der Waals surface area contributed by atoms with Gasteiger partial charge in [0, 0.05) is 26.4 Å². The third kappa shape index (κ3) is 2.59. The maximum absolute atomic E-state index is 12.4. The van der Waals surface area contributed by atoms with E-state index in [9.17, 15) is 9.90 Å². The van der Waals surface area contributed by atoms with Crippen LogP contribution in [0.3, 0.4) is 0 Å². The summed E-state index contributed by atoms with van der Waals surface area (Å²) in [6, 6.07) is 10.7. The second-order valence-corrected chi connectivity index (χ2v) is 7.51. The maximum atomic E-state index is 12.4. The van der Waals surface area contributed by atoms with E-state index in [1.807, 2.05) is 6.07 Å². The van der Waals surface area contributed by atoms with Crippen LogP contribution >= 0.6 is 22.9 Å². The van der Waals surface area contributed by atoms with Crippen molar-refractivity contribution in [3.63, 3.8) is 0 Å². The fourth-order valence-electron chi connectivity index (χ4n) is 2.97. The maximum Gasteiger partial charge on any atom is 0.271 e. The van der Waals surface area contributed by atoms with Crippen LogP contribution in [0.15, 0.2) is 41.2 Å². The van der Waals surface area contributed by atoms with Crippen molar-refractivity contribution < 1.29 is 5.11 Å². The molecule has 4 nitrogen and oxygen atoms in total. The Kier molecular flexibility index (Phi) is 3.79. The first-order valence-electron chi connectivity index (χ1n) is 7.73. The lowest BCUT2D eigenvalue weighted by atomic mass is 9.95. The molecule has 122 valence electrons. The fraction of sp³-hybridized carbons (Fsp3) is 0.222. The first kappa shape index (κ1) is 15.6. The molecular weight excluding hydrogens is 344 g/mol. The van der Waals surface area contributed by atoms with Gasteiger partial charge in [0.2, 0.25) is 0 Å². The highest BCUT2D eigenvalue weighted by atomic mass is 35.5. The van der Waals surface area contributed by atoms with E-state index in [0.29, 0.717) is 10.7 Å². The summed E-state index contributed by atoms with van der Waals surface area (Å²) in [4.78, 5) is 14.6. The quantitative estimate of drug-likeness (QED) is 0.758. The molecule has 1 unspecified atom stereocenters. The Morgan fingerprint density at radius 2 is 2.00 bits per heavy atom. The Labute approximate surface area is 148 Å². The zero-order valence-electron chi connectivity index (χ0n) is 13.0. The molecule has 0 aliphatic heterocycles. The Balaban J connectivity index is 1.89. The number of aliphatic hydroxyl groups excluding tert-OH is 1. The van der Waals surface area contributed by atoms with Crippen LogP contribution in [0.25, 0.3) is 16.9 Å². The molecule has 1 aliphatic carbocycles. The summed E-state index contributed by atoms with van der Waals surface area (Å²) in [6.07, 6.45) is 1.18. The van der Waals surface area contributed by atoms with E-state index in [4.69, 9.17) is 11.6 Å². The molecule has 1 aliphatic rings. The third-order valence-corrected chi connectivity index (χ3v) is 5.82. The monoisotopic (exact) mass is 358 g/mol. The van der Waals surface area contributed by atoms with Crippen molar-refractivity contribution in [2.24, 2.45) is 0 Å². The number of aryl methyl sites for hydroxylation is 2. The first-order chi connectivity index (χ1) is 11.5. The highest BCUT2D eigenvalue weighted by molar-refractivity contribution is 7.12. The molecule has 0 spiro atoms. The number of fused-ring (bicyclic) bond motifs is 3. The highest BCUT2D eigenvalue weighted by Crippen LogP contribution is 2.39. The minimum Gasteiger partial charge on any atom is -0.388 e. The van der Waals surface area contributed by atoms with Crippen LogP contribution in [0.2, 0.25) is 5.02 Å². The molecule has 0 amide bonds. The summed E-state index contributed by atoms with van der Waals surface area (Å²) < 4.78 is 1.41. The van der Waals surface area contributed by atoms with Gasteiger partial charge >= 0.3 is 0 Å². The van der Waals surface area contributed by atoms with Gasteiger partial charge in [0.15, 0.2) is 0 Å². The predicted octanol–water partition coefficient (Wildman–Crippen LogP) is 3.77. The summed E-state index contributed by atoms with van der Waals surface area (Å²) >= 11 is 7.54. The Hall–Kier alpha value is -1.95. The third-order valence-electron chi connectivity index (χ3n) is 4.20. The second-order valence-electron chi connectivity index (χ2n) is 5.91. The fourth-order valence-corrected chi connectivity index (χ4v) is 4.19. The molecule has 0 radical (unpaired) electrons. The van der Waals surface area contributed by atoms with Crippen LogP contribution in [0.4, 0.5) is 0 Å². The van der Waals surface area contributed by atoms with Gasteiger partial charge < -0.3 is 5.11 Å². The summed E-state index contributed by atoms with van der Waals surface area (Å²) in [6.45, 7) is 1.76. The lowest BCUT2D eigenvalue weighted by molar-refractivity contribution is 0.203. The minimum absolute atomic E-state index is 0.148. The van der Waals surface area contributed by atoms with Gasteiger partial charge in [0.05, 0.1) is 17.5 Å². The van der Waals surface area contributed by atoms with Crippen molar-refractivity contribution in [1.29, 1.82) is 0 Å². The van der Waals surface area contributed by atoms with Gasteiger partial charge in [-0.05, 0) is 55.7 Å². The molecule has 2 aromatic heterocycles. The molecule has 0 saturated carbocycles. The van der Waals surface area contributed by atoms with E-state index in [-0.39, 0.29) is 5.56 Å². The molecule has 0 saturated heterocycles. The van der Waals surface area contributed by atoms with Crippen LogP contribution in [-0.2, 0) is 12.8 Å². The van der Waals surface area contributed by atoms with Crippen LogP contribution in [0.1, 0.15) is 28.3 Å².